The number of benzene rings is 5. The molecular weight excluding hydrogens is 717 g/mol. The summed E-state index contributed by atoms with van der Waals surface area (Å²) in [6.45, 7) is 0. The lowest BCUT2D eigenvalue weighted by atomic mass is 9.31. The van der Waals surface area contributed by atoms with Crippen LogP contribution in [0.3, 0.4) is 0 Å². The molecule has 0 amide bonds. The van der Waals surface area contributed by atoms with Crippen molar-refractivity contribution in [3.63, 3.8) is 0 Å². The summed E-state index contributed by atoms with van der Waals surface area (Å²) in [6.07, 6.45) is 6.12. The molecule has 58 heavy (non-hydrogen) atoms. The molecule has 2 heterocycles. The summed E-state index contributed by atoms with van der Waals surface area (Å²) in [4.78, 5) is 11.0. The van der Waals surface area contributed by atoms with E-state index in [0.717, 1.165) is 57.4 Å². The second-order valence-electron chi connectivity index (χ2n) is 17.6. The van der Waals surface area contributed by atoms with Crippen molar-refractivity contribution in [2.45, 2.75) is 47.3 Å². The van der Waals surface area contributed by atoms with Crippen molar-refractivity contribution in [2.24, 2.45) is 23.7 Å². The molecule has 7 aliphatic rings. The van der Waals surface area contributed by atoms with Crippen LogP contribution >= 0.6 is 0 Å². The van der Waals surface area contributed by atoms with Gasteiger partial charge >= 0.3 is 0 Å². The third-order valence-electron chi connectivity index (χ3n) is 16.3. The van der Waals surface area contributed by atoms with Gasteiger partial charge < -0.3 is 18.9 Å². The van der Waals surface area contributed by atoms with Gasteiger partial charge in [-0.25, -0.2) is 0 Å². The average molecular weight is 761 g/mol. The lowest BCUT2D eigenvalue weighted by Gasteiger charge is -2.71. The average Bonchev–Trinajstić information content (AvgIpc) is 4.08. The first kappa shape index (κ1) is 33.1. The van der Waals surface area contributed by atoms with Gasteiger partial charge in [-0.05, 0) is 95.6 Å². The zero-order valence-corrected chi connectivity index (χ0v) is 33.1. The van der Waals surface area contributed by atoms with Crippen molar-refractivity contribution in [1.29, 1.82) is 0 Å². The Balaban J connectivity index is 1.22. The van der Waals surface area contributed by atoms with Crippen LogP contribution < -0.4 is 18.9 Å². The Kier molecular flexibility index (Phi) is 6.51. The number of hydrogen-bond donors (Lipinski definition) is 0. The molecule has 7 aliphatic carbocycles. The molecule has 0 aliphatic heterocycles. The quantitative estimate of drug-likeness (QED) is 0.168. The van der Waals surface area contributed by atoms with Gasteiger partial charge in [-0.3, -0.25) is 9.97 Å². The van der Waals surface area contributed by atoms with Gasteiger partial charge in [0.25, 0.3) is 0 Å². The maximum absolute atomic E-state index is 6.57. The minimum Gasteiger partial charge on any atom is -0.496 e. The van der Waals surface area contributed by atoms with E-state index in [1.54, 1.807) is 0 Å². The second-order valence-corrected chi connectivity index (χ2v) is 17.6. The van der Waals surface area contributed by atoms with E-state index in [1.807, 2.05) is 40.8 Å². The summed E-state index contributed by atoms with van der Waals surface area (Å²) >= 11 is 0. The molecule has 6 bridgehead atoms. The van der Waals surface area contributed by atoms with Crippen LogP contribution in [0.5, 0.6) is 23.0 Å². The van der Waals surface area contributed by atoms with Gasteiger partial charge in [0.15, 0.2) is 0 Å². The van der Waals surface area contributed by atoms with Gasteiger partial charge in [-0.2, -0.15) is 0 Å². The Bertz CT molecular complexity index is 2550. The standard InChI is InChI=1S/C52H44N2O4/c1-55-47-27-15-5-6-16-28(27)48(56-2)40-32-25-31(39(40)47)43-44(32)52(38-22-12-14-24-54-38)36-20-10-9-19-35(36)51(43,37-21-11-13-23-53-37)45-33-26-34(46(45)52)42-41(33)49(57-3)29-17-7-8-18-30(29)50(42)58-4/h5-24,31-34,43-46H,25-26H2,1-4H3. The molecule has 3 fully saturated rings. The van der Waals surface area contributed by atoms with E-state index in [-0.39, 0.29) is 47.3 Å². The van der Waals surface area contributed by atoms with Gasteiger partial charge in [0.05, 0.1) is 39.8 Å². The molecule has 8 atom stereocenters. The number of nitrogens with zero attached hydrogens (tertiary/aromatic N) is 2. The molecule has 3 saturated carbocycles. The number of fused-ring (bicyclic) bond motifs is 12. The molecule has 5 aromatic carbocycles. The summed E-state index contributed by atoms with van der Waals surface area (Å²) < 4.78 is 26.3. The highest BCUT2D eigenvalue weighted by molar-refractivity contribution is 5.99. The Morgan fingerprint density at radius 1 is 0.397 bits per heavy atom. The molecule has 0 spiro atoms. The summed E-state index contributed by atoms with van der Waals surface area (Å²) in [5, 5.41) is 4.47. The molecule has 7 aromatic rings. The first-order valence-electron chi connectivity index (χ1n) is 20.9. The van der Waals surface area contributed by atoms with E-state index < -0.39 is 10.8 Å². The Morgan fingerprint density at radius 2 is 0.690 bits per heavy atom. The molecule has 6 heteroatoms. The van der Waals surface area contributed by atoms with Crippen LogP contribution in [-0.4, -0.2) is 38.4 Å². The first-order chi connectivity index (χ1) is 28.7. The number of methoxy groups -OCH3 is 4. The van der Waals surface area contributed by atoms with Crippen LogP contribution in [-0.2, 0) is 10.8 Å². The second kappa shape index (κ2) is 11.4. The minimum atomic E-state index is -0.411. The number of hydrogen-bond acceptors (Lipinski definition) is 6. The normalized spacial score (nSPS) is 31.1. The molecule has 0 radical (unpaired) electrons. The molecule has 0 N–H and O–H groups in total. The van der Waals surface area contributed by atoms with E-state index >= 15 is 0 Å². The van der Waals surface area contributed by atoms with E-state index in [1.165, 1.54) is 44.8 Å². The van der Waals surface area contributed by atoms with Crippen molar-refractivity contribution in [3.8, 4) is 23.0 Å². The first-order valence-corrected chi connectivity index (χ1v) is 20.9. The van der Waals surface area contributed by atoms with Gasteiger partial charge in [-0.1, -0.05) is 84.9 Å². The Morgan fingerprint density at radius 3 is 0.966 bits per heavy atom. The van der Waals surface area contributed by atoms with Crippen molar-refractivity contribution in [1.82, 2.24) is 9.97 Å². The summed E-state index contributed by atoms with van der Waals surface area (Å²) in [7, 11) is 7.43. The van der Waals surface area contributed by atoms with Gasteiger partial charge in [0.1, 0.15) is 23.0 Å². The lowest BCUT2D eigenvalue weighted by Crippen LogP contribution is -2.70. The van der Waals surface area contributed by atoms with Crippen molar-refractivity contribution in [2.75, 3.05) is 28.4 Å². The van der Waals surface area contributed by atoms with Gasteiger partial charge in [0.2, 0.25) is 0 Å². The van der Waals surface area contributed by atoms with E-state index in [9.17, 15) is 0 Å². The van der Waals surface area contributed by atoms with Crippen molar-refractivity contribution < 1.29 is 18.9 Å². The highest BCUT2D eigenvalue weighted by atomic mass is 16.5. The smallest absolute Gasteiger partial charge is 0.130 e. The minimum absolute atomic E-state index is 0.212. The fourth-order valence-corrected chi connectivity index (χ4v) is 15.4. The van der Waals surface area contributed by atoms with Crippen LogP contribution in [0.4, 0.5) is 0 Å². The lowest BCUT2D eigenvalue weighted by molar-refractivity contribution is -0.0577. The number of aromatic nitrogens is 2. The largest absolute Gasteiger partial charge is 0.496 e. The monoisotopic (exact) mass is 760 g/mol. The highest BCUT2D eigenvalue weighted by Crippen LogP contribution is 2.87. The van der Waals surface area contributed by atoms with Gasteiger partial charge in [0, 0.05) is 67.0 Å². The molecule has 286 valence electrons. The van der Waals surface area contributed by atoms with E-state index in [0.29, 0.717) is 0 Å². The highest BCUT2D eigenvalue weighted by Gasteiger charge is 2.82. The van der Waals surface area contributed by atoms with Crippen LogP contribution in [0.2, 0.25) is 0 Å². The van der Waals surface area contributed by atoms with E-state index in [2.05, 4.69) is 109 Å². The topological polar surface area (TPSA) is 62.7 Å². The predicted molar refractivity (Wildman–Crippen MR) is 225 cm³/mol. The van der Waals surface area contributed by atoms with Gasteiger partial charge in [-0.15, -0.1) is 0 Å². The predicted octanol–water partition coefficient (Wildman–Crippen LogP) is 10.5. The van der Waals surface area contributed by atoms with Crippen LogP contribution in [0.25, 0.3) is 21.5 Å². The fourth-order valence-electron chi connectivity index (χ4n) is 15.4. The maximum atomic E-state index is 6.57. The zero-order chi connectivity index (χ0) is 38.7. The molecular formula is C52H44N2O4. The number of ether oxygens (including phenoxy) is 4. The molecule has 6 nitrogen and oxygen atoms in total. The SMILES string of the molecule is COc1c2c(c(OC)c3ccccc13)C1CC2C2C1C1(c3ccccn3)c3ccccc3C2(c2ccccn2)C2C3CC(c4c3c(OC)c3ccccc3c4OC)C21. The maximum Gasteiger partial charge on any atom is 0.130 e. The molecule has 14 rings (SSSR count). The van der Waals surface area contributed by atoms with Crippen LogP contribution in [0.15, 0.2) is 122 Å². The summed E-state index contributed by atoms with van der Waals surface area (Å²) in [5.74, 6) is 5.73. The van der Waals surface area contributed by atoms with Crippen LogP contribution in [0, 0.1) is 23.7 Å². The number of rotatable bonds is 6. The fraction of sp³-hybridized carbons (Fsp3) is 0.308. The summed E-state index contributed by atoms with van der Waals surface area (Å²) in [6, 6.07) is 40.1. The summed E-state index contributed by atoms with van der Waals surface area (Å²) in [5.41, 5.74) is 9.74. The number of pyridine rings is 2. The molecule has 2 aromatic heterocycles. The molecule has 8 unspecified atom stereocenters. The Labute approximate surface area is 338 Å². The molecule has 0 saturated heterocycles. The van der Waals surface area contributed by atoms with Crippen LogP contribution in [0.1, 0.15) is 81.3 Å². The van der Waals surface area contributed by atoms with Crippen molar-refractivity contribution >= 4 is 21.5 Å². The third-order valence-corrected chi connectivity index (χ3v) is 16.3. The van der Waals surface area contributed by atoms with E-state index in [4.69, 9.17) is 28.9 Å². The third kappa shape index (κ3) is 3.45. The Hall–Kier alpha value is -5.88. The van der Waals surface area contributed by atoms with Crippen molar-refractivity contribution in [3.05, 3.63) is 166 Å². The zero-order valence-electron chi connectivity index (χ0n) is 33.1.